The first-order chi connectivity index (χ1) is 33.4. The molecule has 0 saturated heterocycles. The van der Waals surface area contributed by atoms with E-state index in [0.29, 0.717) is 37.7 Å². The molecule has 2 N–H and O–H groups in total. The Morgan fingerprint density at radius 2 is 0.750 bits per heavy atom. The number of anilines is 2. The molecule has 382 valence electrons. The molecule has 24 heteroatoms. The molecule has 9 rings (SSSR count). The molecule has 2 heterocycles. The number of imidazole rings is 2. The van der Waals surface area contributed by atoms with Crippen LogP contribution in [0.2, 0.25) is 0 Å². The molecule has 0 atom stereocenters. The van der Waals surface area contributed by atoms with Gasteiger partial charge < -0.3 is 20.1 Å². The van der Waals surface area contributed by atoms with Crippen LogP contribution in [-0.2, 0) is 35.8 Å². The van der Waals surface area contributed by atoms with Gasteiger partial charge in [-0.25, -0.2) is 18.3 Å². The van der Waals surface area contributed by atoms with Gasteiger partial charge in [-0.1, -0.05) is 97.1 Å². The molecule has 2 amide bonds. The predicted molar refractivity (Wildman–Crippen MR) is 254 cm³/mol. The molecule has 0 bridgehead atoms. The van der Waals surface area contributed by atoms with Crippen molar-refractivity contribution in [2.24, 2.45) is 0 Å². The average molecular weight is 1060 g/mol. The number of carbonyl (C=O) groups is 2. The van der Waals surface area contributed by atoms with Crippen LogP contribution in [0, 0.1) is 0 Å². The summed E-state index contributed by atoms with van der Waals surface area (Å²) in [4.78, 5) is 27.1. The van der Waals surface area contributed by atoms with E-state index in [9.17, 15) is 60.0 Å². The maximum Gasteiger partial charge on any atom is 0.266 e. The van der Waals surface area contributed by atoms with Crippen molar-refractivity contribution in [2.75, 3.05) is 23.8 Å². The van der Waals surface area contributed by atoms with E-state index in [2.05, 4.69) is 68.3 Å². The van der Waals surface area contributed by atoms with E-state index in [1.807, 2.05) is 119 Å². The second-order valence-electron chi connectivity index (χ2n) is 16.1. The number of rotatable bonds is 14. The summed E-state index contributed by atoms with van der Waals surface area (Å²) in [7, 11) is -21.3. The zero-order valence-corrected chi connectivity index (χ0v) is 39.0. The van der Waals surface area contributed by atoms with Gasteiger partial charge in [-0.3, -0.25) is 9.59 Å². The maximum absolute atomic E-state index is 13.6. The van der Waals surface area contributed by atoms with Crippen LogP contribution in [0.25, 0.3) is 43.6 Å². The normalized spacial score (nSPS) is 13.6. The predicted octanol–water partition coefficient (Wildman–Crippen LogP) is 14.7. The third kappa shape index (κ3) is 17.2. The van der Waals surface area contributed by atoms with Gasteiger partial charge in [0.15, 0.2) is 35.2 Å². The van der Waals surface area contributed by atoms with Gasteiger partial charge in [0.2, 0.25) is 12.7 Å². The molecule has 9 aromatic rings. The number of nitrogens with zero attached hydrogens (tertiary/aromatic N) is 4. The second-order valence-corrected chi connectivity index (χ2v) is 20.0. The van der Waals surface area contributed by atoms with Gasteiger partial charge >= 0.3 is 66.0 Å². The Kier molecular flexibility index (Phi) is 13.8. The fourth-order valence-electron chi connectivity index (χ4n) is 7.52. The number of carbonyl (C=O) groups excluding carboxylic acids is 2. The molecule has 0 aliphatic carbocycles. The van der Waals surface area contributed by atoms with E-state index < -0.39 is 15.6 Å². The molecule has 0 aliphatic rings. The van der Waals surface area contributed by atoms with Gasteiger partial charge in [0.25, 0.3) is 11.8 Å². The van der Waals surface area contributed by atoms with Crippen molar-refractivity contribution in [3.8, 4) is 11.5 Å². The zero-order chi connectivity index (χ0) is 52.1. The number of fused-ring (bicyclic) bond motifs is 4. The third-order valence-corrected chi connectivity index (χ3v) is 10.3. The van der Waals surface area contributed by atoms with E-state index in [-0.39, 0.29) is 24.9 Å². The molecule has 0 saturated carbocycles. The number of aromatic nitrogens is 4. The molecule has 7 aromatic carbocycles. The molecule has 0 fully saturated rings. The Morgan fingerprint density at radius 1 is 0.431 bits per heavy atom. The zero-order valence-electron chi connectivity index (χ0n) is 37.3. The number of halogens is 12. The van der Waals surface area contributed by atoms with Crippen molar-refractivity contribution in [1.29, 1.82) is 0 Å². The first-order valence-electron chi connectivity index (χ1n) is 21.4. The Labute approximate surface area is 401 Å². The summed E-state index contributed by atoms with van der Waals surface area (Å²) in [6.07, 6.45) is 3.90. The standard InChI is InChI=1S/C48H40N6O4.2F6P/c55-47(31-53-33-51(43-17-7-9-19-45(43)53)25-27-57-39-23-21-35-11-1-3-13-37(35)29-39)49-41-15-5-6-16-42(41)50-48(56)32-54-34-52(44-18-8-10-20-46(44)54)26-28-58-40-24-22-36-12-2-4-14-38(36)30-40;2*1-7(2,3,4,5)6/h1-24,29-30,33-34H,25-28,31-32H2;;/q;2*-1/p+2. The number of nitrogens with one attached hydrogen (secondary N) is 2. The van der Waals surface area contributed by atoms with Crippen LogP contribution in [0.1, 0.15) is 0 Å². The minimum absolute atomic E-state index is 0.0846. The van der Waals surface area contributed by atoms with Gasteiger partial charge in [-0.15, -0.1) is 0 Å². The summed E-state index contributed by atoms with van der Waals surface area (Å²) in [6, 6.07) is 51.9. The van der Waals surface area contributed by atoms with E-state index in [4.69, 9.17) is 9.47 Å². The number of hydrogen-bond acceptors (Lipinski definition) is 4. The van der Waals surface area contributed by atoms with Crippen LogP contribution in [0.4, 0.5) is 61.7 Å². The summed E-state index contributed by atoms with van der Waals surface area (Å²) in [5, 5.41) is 10.7. The van der Waals surface area contributed by atoms with Crippen molar-refractivity contribution < 1.29 is 78.6 Å². The van der Waals surface area contributed by atoms with Gasteiger partial charge in [0.1, 0.15) is 37.8 Å². The molecule has 0 radical (unpaired) electrons. The monoisotopic (exact) mass is 1060 g/mol. The summed E-state index contributed by atoms with van der Waals surface area (Å²) >= 11 is 0. The van der Waals surface area contributed by atoms with Crippen LogP contribution < -0.4 is 29.2 Å². The summed E-state index contributed by atoms with van der Waals surface area (Å²) in [5.74, 6) is 1.20. The fourth-order valence-corrected chi connectivity index (χ4v) is 7.52. The van der Waals surface area contributed by atoms with E-state index in [0.717, 1.165) is 44.3 Å². The minimum atomic E-state index is -10.7. The van der Waals surface area contributed by atoms with Gasteiger partial charge in [0, 0.05) is 0 Å². The molecule has 10 nitrogen and oxygen atoms in total. The fraction of sp³-hybridized carbons (Fsp3) is 0.125. The number of benzene rings is 7. The van der Waals surface area contributed by atoms with Crippen LogP contribution in [0.15, 0.2) is 170 Å². The first-order valence-corrected chi connectivity index (χ1v) is 25.5. The average Bonchev–Trinajstić information content (AvgIpc) is 3.81. The smallest absolute Gasteiger partial charge is 0.266 e. The van der Waals surface area contributed by atoms with E-state index >= 15 is 0 Å². The number of ether oxygens (including phenoxy) is 2. The van der Waals surface area contributed by atoms with Crippen LogP contribution in [-0.4, -0.2) is 34.2 Å². The van der Waals surface area contributed by atoms with Crippen molar-refractivity contribution in [3.05, 3.63) is 170 Å². The Bertz CT molecular complexity index is 3200. The van der Waals surface area contributed by atoms with Crippen LogP contribution >= 0.6 is 15.6 Å². The Balaban J connectivity index is 0.000000478. The Hall–Kier alpha value is -7.44. The first kappa shape index (κ1) is 52.4. The minimum Gasteiger partial charge on any atom is -0.489 e. The summed E-state index contributed by atoms with van der Waals surface area (Å²) < 4.78 is 139. The maximum atomic E-state index is 13.6. The molecule has 0 unspecified atom stereocenters. The van der Waals surface area contributed by atoms with Crippen molar-refractivity contribution in [2.45, 2.75) is 26.2 Å². The van der Waals surface area contributed by atoms with Crippen molar-refractivity contribution >= 4 is 82.4 Å². The van der Waals surface area contributed by atoms with Crippen LogP contribution in [0.5, 0.6) is 11.5 Å². The molecule has 72 heavy (non-hydrogen) atoms. The van der Waals surface area contributed by atoms with Crippen molar-refractivity contribution in [3.63, 3.8) is 0 Å². The Morgan fingerprint density at radius 3 is 1.12 bits per heavy atom. The third-order valence-electron chi connectivity index (χ3n) is 10.3. The molecular weight excluding hydrogens is 1010 g/mol. The number of hydrogen-bond donors (Lipinski definition) is 2. The quantitative estimate of drug-likeness (QED) is 0.0644. The largest absolute Gasteiger partial charge is 0.489 e. The van der Waals surface area contributed by atoms with Gasteiger partial charge in [-0.05, 0) is 82.2 Å². The van der Waals surface area contributed by atoms with Crippen molar-refractivity contribution in [1.82, 2.24) is 9.13 Å². The molecule has 2 aromatic heterocycles. The topological polar surface area (TPSA) is 94.3 Å². The van der Waals surface area contributed by atoms with E-state index in [1.54, 1.807) is 12.1 Å². The number of para-hydroxylation sites is 6. The van der Waals surface area contributed by atoms with Gasteiger partial charge in [0.05, 0.1) is 11.4 Å². The van der Waals surface area contributed by atoms with Gasteiger partial charge in [-0.2, -0.15) is 0 Å². The number of amides is 2. The second kappa shape index (κ2) is 19.0. The van der Waals surface area contributed by atoms with E-state index in [1.165, 1.54) is 10.8 Å². The molecular formula is C48H42F12N6O4P2. The molecule has 0 spiro atoms. The SMILES string of the molecule is F[P-](F)(F)(F)(F)F.F[P-](F)(F)(F)(F)F.O=C(C[n+]1cn(CCOc2ccc3ccccc3c2)c2ccccc21)Nc1ccccc1NC(=O)C[n+]1cn(CCOc2ccc3ccccc3c2)c2ccccc21. The summed E-state index contributed by atoms with van der Waals surface area (Å²) in [6.45, 7) is 2.31. The van der Waals surface area contributed by atoms with Crippen LogP contribution in [0.3, 0.4) is 0 Å². The molecule has 0 aliphatic heterocycles. The summed E-state index contributed by atoms with van der Waals surface area (Å²) in [5.41, 5.74) is 4.91.